The minimum atomic E-state index is -0.284. The third-order valence-electron chi connectivity index (χ3n) is 3.54. The molecule has 0 radical (unpaired) electrons. The van der Waals surface area contributed by atoms with Crippen LogP contribution >= 0.6 is 0 Å². The summed E-state index contributed by atoms with van der Waals surface area (Å²) in [5.74, 6) is -0.337. The zero-order chi connectivity index (χ0) is 17.6. The van der Waals surface area contributed by atoms with E-state index in [-0.39, 0.29) is 17.8 Å². The van der Waals surface area contributed by atoms with E-state index in [2.05, 4.69) is 6.58 Å². The van der Waals surface area contributed by atoms with Gasteiger partial charge in [0.25, 0.3) is 0 Å². The van der Waals surface area contributed by atoms with Gasteiger partial charge in [0.2, 0.25) is 5.91 Å². The normalized spacial score (nSPS) is 13.7. The van der Waals surface area contributed by atoms with E-state index < -0.39 is 0 Å². The lowest BCUT2D eigenvalue weighted by Crippen LogP contribution is -2.21. The number of benzene rings is 1. The van der Waals surface area contributed by atoms with Crippen LogP contribution in [0.25, 0.3) is 0 Å². The molecule has 0 bridgehead atoms. The van der Waals surface area contributed by atoms with E-state index in [1.54, 1.807) is 32.3 Å². The molecule has 0 spiro atoms. The summed E-state index contributed by atoms with van der Waals surface area (Å²) >= 11 is 0. The van der Waals surface area contributed by atoms with Gasteiger partial charge in [-0.3, -0.25) is 9.79 Å². The number of nitrogens with zero attached hydrogens (tertiary/aromatic N) is 2. The summed E-state index contributed by atoms with van der Waals surface area (Å²) in [5, 5.41) is 0. The SMILES string of the molecule is C=C(C)C(=N[C@@H](C)/C(=C/C(=O)N(C)C)CC)c1ccc(F)cc1. The lowest BCUT2D eigenvalue weighted by molar-refractivity contribution is -0.123. The quantitative estimate of drug-likeness (QED) is 0.576. The van der Waals surface area contributed by atoms with Crippen molar-refractivity contribution < 1.29 is 9.18 Å². The molecule has 1 aromatic rings. The molecular formula is C19H25FN2O. The van der Waals surface area contributed by atoms with Gasteiger partial charge < -0.3 is 4.90 Å². The molecule has 1 aromatic carbocycles. The highest BCUT2D eigenvalue weighted by atomic mass is 19.1. The molecular weight excluding hydrogens is 291 g/mol. The van der Waals surface area contributed by atoms with Crippen molar-refractivity contribution in [1.29, 1.82) is 0 Å². The zero-order valence-corrected chi connectivity index (χ0v) is 14.6. The summed E-state index contributed by atoms with van der Waals surface area (Å²) in [7, 11) is 3.44. The number of halogens is 1. The summed E-state index contributed by atoms with van der Waals surface area (Å²) in [6.07, 6.45) is 2.37. The number of likely N-dealkylation sites (N-methyl/N-ethyl adjacent to an activating group) is 1. The molecule has 0 saturated heterocycles. The minimum Gasteiger partial charge on any atom is -0.345 e. The van der Waals surface area contributed by atoms with Crippen LogP contribution in [0.2, 0.25) is 0 Å². The Balaban J connectivity index is 3.18. The maximum absolute atomic E-state index is 13.1. The first-order chi connectivity index (χ1) is 10.8. The molecule has 0 aliphatic carbocycles. The Bertz CT molecular complexity index is 627. The van der Waals surface area contributed by atoms with Crippen LogP contribution in [0, 0.1) is 5.82 Å². The Morgan fingerprint density at radius 2 is 1.91 bits per heavy atom. The lowest BCUT2D eigenvalue weighted by Gasteiger charge is -2.15. The molecule has 0 heterocycles. The molecule has 0 aliphatic heterocycles. The summed E-state index contributed by atoms with van der Waals surface area (Å²) in [4.78, 5) is 18.1. The summed E-state index contributed by atoms with van der Waals surface area (Å²) in [5.41, 5.74) is 3.30. The Morgan fingerprint density at radius 1 is 1.35 bits per heavy atom. The van der Waals surface area contributed by atoms with E-state index >= 15 is 0 Å². The van der Waals surface area contributed by atoms with Crippen LogP contribution in [-0.2, 0) is 4.79 Å². The monoisotopic (exact) mass is 316 g/mol. The Labute approximate surface area is 138 Å². The third-order valence-corrected chi connectivity index (χ3v) is 3.54. The van der Waals surface area contributed by atoms with Crippen LogP contribution in [0.3, 0.4) is 0 Å². The molecule has 124 valence electrons. The van der Waals surface area contributed by atoms with Gasteiger partial charge in [0.05, 0.1) is 11.8 Å². The fourth-order valence-electron chi connectivity index (χ4n) is 2.12. The molecule has 1 atom stereocenters. The number of carbonyl (C=O) groups excluding carboxylic acids is 1. The molecule has 0 unspecified atom stereocenters. The maximum Gasteiger partial charge on any atom is 0.246 e. The van der Waals surface area contributed by atoms with E-state index in [0.717, 1.165) is 28.8 Å². The Hall–Kier alpha value is -2.23. The second-order valence-corrected chi connectivity index (χ2v) is 5.75. The van der Waals surface area contributed by atoms with Crippen molar-refractivity contribution in [3.63, 3.8) is 0 Å². The fourth-order valence-corrected chi connectivity index (χ4v) is 2.12. The van der Waals surface area contributed by atoms with Gasteiger partial charge in [0, 0.05) is 25.7 Å². The molecule has 1 amide bonds. The van der Waals surface area contributed by atoms with E-state index in [0.29, 0.717) is 0 Å². The van der Waals surface area contributed by atoms with E-state index in [4.69, 9.17) is 4.99 Å². The van der Waals surface area contributed by atoms with Crippen LogP contribution in [0.1, 0.15) is 32.8 Å². The third kappa shape index (κ3) is 5.47. The van der Waals surface area contributed by atoms with Crippen molar-refractivity contribution in [2.45, 2.75) is 33.2 Å². The highest BCUT2D eigenvalue weighted by Gasteiger charge is 2.12. The second-order valence-electron chi connectivity index (χ2n) is 5.75. The topological polar surface area (TPSA) is 32.7 Å². The van der Waals surface area contributed by atoms with Crippen LogP contribution in [-0.4, -0.2) is 36.7 Å². The first kappa shape index (κ1) is 18.8. The molecule has 23 heavy (non-hydrogen) atoms. The van der Waals surface area contributed by atoms with Gasteiger partial charge in [-0.2, -0.15) is 0 Å². The largest absolute Gasteiger partial charge is 0.345 e. The van der Waals surface area contributed by atoms with Crippen molar-refractivity contribution >= 4 is 11.6 Å². The smallest absolute Gasteiger partial charge is 0.246 e. The molecule has 0 fully saturated rings. The first-order valence-corrected chi connectivity index (χ1v) is 7.67. The Morgan fingerprint density at radius 3 is 2.35 bits per heavy atom. The molecule has 0 aromatic heterocycles. The zero-order valence-electron chi connectivity index (χ0n) is 14.6. The Kier molecular flexibility index (Phi) is 6.89. The van der Waals surface area contributed by atoms with Crippen molar-refractivity contribution in [2.24, 2.45) is 4.99 Å². The molecule has 3 nitrogen and oxygen atoms in total. The van der Waals surface area contributed by atoms with E-state index in [1.807, 2.05) is 20.8 Å². The van der Waals surface area contributed by atoms with Crippen LogP contribution in [0.4, 0.5) is 4.39 Å². The highest BCUT2D eigenvalue weighted by Crippen LogP contribution is 2.16. The maximum atomic E-state index is 13.1. The number of carbonyl (C=O) groups is 1. The molecule has 0 saturated carbocycles. The van der Waals surface area contributed by atoms with Gasteiger partial charge in [0.15, 0.2) is 0 Å². The van der Waals surface area contributed by atoms with Crippen LogP contribution in [0.5, 0.6) is 0 Å². The first-order valence-electron chi connectivity index (χ1n) is 7.67. The summed E-state index contributed by atoms with van der Waals surface area (Å²) in [6, 6.07) is 6.04. The van der Waals surface area contributed by atoms with Crippen molar-refractivity contribution in [3.8, 4) is 0 Å². The minimum absolute atomic E-state index is 0.0532. The number of rotatable bonds is 6. The van der Waals surface area contributed by atoms with Crippen molar-refractivity contribution in [3.05, 3.63) is 59.4 Å². The average Bonchev–Trinajstić information content (AvgIpc) is 2.50. The summed E-state index contributed by atoms with van der Waals surface area (Å²) < 4.78 is 13.1. The molecule has 1 rings (SSSR count). The highest BCUT2D eigenvalue weighted by molar-refractivity contribution is 6.12. The predicted molar refractivity (Wildman–Crippen MR) is 94.3 cm³/mol. The van der Waals surface area contributed by atoms with Gasteiger partial charge in [0.1, 0.15) is 5.82 Å². The standard InChI is InChI=1S/C19H25FN2O/c1-7-15(12-18(23)22(5)6)14(4)21-19(13(2)3)16-8-10-17(20)11-9-16/h8-12,14H,2,7H2,1,3-6H3/b15-12+,21-19?/t14-/m0/s1. The summed E-state index contributed by atoms with van der Waals surface area (Å²) in [6.45, 7) is 9.78. The van der Waals surface area contributed by atoms with Gasteiger partial charge >= 0.3 is 0 Å². The second kappa shape index (κ2) is 8.42. The average molecular weight is 316 g/mol. The van der Waals surface area contributed by atoms with Gasteiger partial charge in [-0.1, -0.05) is 13.5 Å². The predicted octanol–water partition coefficient (Wildman–Crippen LogP) is 4.00. The van der Waals surface area contributed by atoms with Crippen LogP contribution in [0.15, 0.2) is 53.1 Å². The van der Waals surface area contributed by atoms with Gasteiger partial charge in [-0.15, -0.1) is 0 Å². The number of allylic oxidation sites excluding steroid dienone is 1. The van der Waals surface area contributed by atoms with Crippen LogP contribution < -0.4 is 0 Å². The van der Waals surface area contributed by atoms with Gasteiger partial charge in [-0.05, 0) is 55.7 Å². The van der Waals surface area contributed by atoms with Crippen molar-refractivity contribution in [1.82, 2.24) is 4.90 Å². The molecule has 4 heteroatoms. The van der Waals surface area contributed by atoms with E-state index in [1.165, 1.54) is 17.0 Å². The lowest BCUT2D eigenvalue weighted by atomic mass is 10.0. The number of hydrogen-bond donors (Lipinski definition) is 0. The molecule has 0 aliphatic rings. The fraction of sp³-hybridized carbons (Fsp3) is 0.368. The number of aliphatic imine (C=N–C) groups is 1. The van der Waals surface area contributed by atoms with Crippen molar-refractivity contribution in [2.75, 3.05) is 14.1 Å². The number of hydrogen-bond acceptors (Lipinski definition) is 2. The molecule has 0 N–H and O–H groups in total. The van der Waals surface area contributed by atoms with Gasteiger partial charge in [-0.25, -0.2) is 4.39 Å². The number of amides is 1. The van der Waals surface area contributed by atoms with E-state index in [9.17, 15) is 9.18 Å².